The molecule has 4 nitrogen and oxygen atoms in total. The molecule has 1 aliphatic rings. The first-order valence-electron chi connectivity index (χ1n) is 5.34. The van der Waals surface area contributed by atoms with E-state index in [-0.39, 0.29) is 5.41 Å². The van der Waals surface area contributed by atoms with Gasteiger partial charge in [-0.2, -0.15) is 0 Å². The molecule has 0 saturated heterocycles. The summed E-state index contributed by atoms with van der Waals surface area (Å²) in [6.45, 7) is 6.03. The summed E-state index contributed by atoms with van der Waals surface area (Å²) in [5.41, 5.74) is 5.82. The number of aryl methyl sites for hydroxylation is 1. The third kappa shape index (κ3) is 1.25. The molecule has 1 unspecified atom stereocenters. The smallest absolute Gasteiger partial charge is 0.140 e. The van der Waals surface area contributed by atoms with Crippen molar-refractivity contribution in [1.82, 2.24) is 14.8 Å². The quantitative estimate of drug-likeness (QED) is 0.776. The highest BCUT2D eigenvalue weighted by Gasteiger charge is 2.31. The van der Waals surface area contributed by atoms with Crippen LogP contribution in [0.1, 0.15) is 38.3 Å². The molecule has 0 fully saturated rings. The van der Waals surface area contributed by atoms with Crippen LogP contribution in [0, 0.1) is 0 Å². The minimum absolute atomic E-state index is 0.00438. The van der Waals surface area contributed by atoms with Crippen LogP contribution in [0.15, 0.2) is 0 Å². The van der Waals surface area contributed by atoms with Crippen LogP contribution in [0.2, 0.25) is 0 Å². The highest BCUT2D eigenvalue weighted by Crippen LogP contribution is 2.27. The molecule has 0 amide bonds. The van der Waals surface area contributed by atoms with Gasteiger partial charge < -0.3 is 10.3 Å². The van der Waals surface area contributed by atoms with E-state index in [0.717, 1.165) is 31.0 Å². The molecule has 1 aromatic rings. The zero-order chi connectivity index (χ0) is 10.2. The van der Waals surface area contributed by atoms with E-state index in [9.17, 15) is 0 Å². The standard InChI is InChI=1S/C10H18N4/c1-3-10(2,7-11)9-13-12-8-5-4-6-14(8)9/h3-7,11H2,1-2H3. The highest BCUT2D eigenvalue weighted by atomic mass is 15.3. The fourth-order valence-electron chi connectivity index (χ4n) is 1.99. The summed E-state index contributed by atoms with van der Waals surface area (Å²) in [5, 5.41) is 8.50. The summed E-state index contributed by atoms with van der Waals surface area (Å²) < 4.78 is 2.25. The molecule has 0 spiro atoms. The normalized spacial score (nSPS) is 19.4. The summed E-state index contributed by atoms with van der Waals surface area (Å²) in [7, 11) is 0. The Balaban J connectivity index is 2.40. The van der Waals surface area contributed by atoms with Crippen molar-refractivity contribution in [2.75, 3.05) is 6.54 Å². The van der Waals surface area contributed by atoms with E-state index < -0.39 is 0 Å². The average Bonchev–Trinajstić information content (AvgIpc) is 2.77. The number of fused-ring (bicyclic) bond motifs is 1. The molecular formula is C10H18N4. The molecule has 2 rings (SSSR count). The van der Waals surface area contributed by atoms with E-state index in [0.29, 0.717) is 6.54 Å². The first-order chi connectivity index (χ1) is 6.71. The molecule has 1 aliphatic heterocycles. The van der Waals surface area contributed by atoms with Crippen LogP contribution in [-0.4, -0.2) is 21.3 Å². The Labute approximate surface area is 84.5 Å². The second-order valence-electron chi connectivity index (χ2n) is 4.31. The first-order valence-corrected chi connectivity index (χ1v) is 5.34. The molecule has 2 N–H and O–H groups in total. The van der Waals surface area contributed by atoms with E-state index in [4.69, 9.17) is 5.73 Å². The van der Waals surface area contributed by atoms with Gasteiger partial charge >= 0.3 is 0 Å². The molecule has 0 bridgehead atoms. The molecule has 0 aliphatic carbocycles. The molecule has 0 aromatic carbocycles. The van der Waals surface area contributed by atoms with Crippen LogP contribution >= 0.6 is 0 Å². The van der Waals surface area contributed by atoms with Crippen molar-refractivity contribution in [2.24, 2.45) is 5.73 Å². The summed E-state index contributed by atoms with van der Waals surface area (Å²) in [6.07, 6.45) is 3.28. The van der Waals surface area contributed by atoms with Gasteiger partial charge in [0.05, 0.1) is 0 Å². The van der Waals surface area contributed by atoms with Gasteiger partial charge in [-0.25, -0.2) is 0 Å². The van der Waals surface area contributed by atoms with Gasteiger partial charge in [-0.1, -0.05) is 13.8 Å². The Bertz CT molecular complexity index is 325. The minimum Gasteiger partial charge on any atom is -0.329 e. The largest absolute Gasteiger partial charge is 0.329 e. The molecule has 1 atom stereocenters. The van der Waals surface area contributed by atoms with E-state index >= 15 is 0 Å². The lowest BCUT2D eigenvalue weighted by Gasteiger charge is -2.25. The van der Waals surface area contributed by atoms with Crippen molar-refractivity contribution in [2.45, 2.75) is 45.1 Å². The third-order valence-corrected chi connectivity index (χ3v) is 3.38. The van der Waals surface area contributed by atoms with Gasteiger partial charge in [0.25, 0.3) is 0 Å². The Hall–Kier alpha value is -0.900. The predicted octanol–water partition coefficient (Wildman–Crippen LogP) is 0.851. The molecular weight excluding hydrogens is 176 g/mol. The van der Waals surface area contributed by atoms with Crippen LogP contribution in [0.3, 0.4) is 0 Å². The van der Waals surface area contributed by atoms with Crippen LogP contribution in [-0.2, 0) is 18.4 Å². The maximum absolute atomic E-state index is 5.82. The topological polar surface area (TPSA) is 56.7 Å². The van der Waals surface area contributed by atoms with Crippen LogP contribution in [0.25, 0.3) is 0 Å². The number of nitrogens with two attached hydrogens (primary N) is 1. The monoisotopic (exact) mass is 194 g/mol. The van der Waals surface area contributed by atoms with Gasteiger partial charge in [-0.3, -0.25) is 0 Å². The number of aromatic nitrogens is 3. The molecule has 2 heterocycles. The van der Waals surface area contributed by atoms with Crippen molar-refractivity contribution in [1.29, 1.82) is 0 Å². The van der Waals surface area contributed by atoms with Gasteiger partial charge in [-0.15, -0.1) is 10.2 Å². The second-order valence-corrected chi connectivity index (χ2v) is 4.31. The van der Waals surface area contributed by atoms with E-state index in [2.05, 4.69) is 28.6 Å². The third-order valence-electron chi connectivity index (χ3n) is 3.38. The fourth-order valence-corrected chi connectivity index (χ4v) is 1.99. The zero-order valence-corrected chi connectivity index (χ0v) is 8.95. The number of nitrogens with zero attached hydrogens (tertiary/aromatic N) is 3. The zero-order valence-electron chi connectivity index (χ0n) is 8.95. The minimum atomic E-state index is -0.00438. The SMILES string of the molecule is CCC(C)(CN)c1nnc2n1CCC2. The second kappa shape index (κ2) is 3.35. The van der Waals surface area contributed by atoms with Gasteiger partial charge in [0.15, 0.2) is 0 Å². The lowest BCUT2D eigenvalue weighted by Crippen LogP contribution is -2.34. The Morgan fingerprint density at radius 2 is 2.29 bits per heavy atom. The van der Waals surface area contributed by atoms with Gasteiger partial charge in [-0.05, 0) is 12.8 Å². The van der Waals surface area contributed by atoms with E-state index in [1.807, 2.05) is 0 Å². The summed E-state index contributed by atoms with van der Waals surface area (Å²) in [4.78, 5) is 0. The highest BCUT2D eigenvalue weighted by molar-refractivity contribution is 5.12. The van der Waals surface area contributed by atoms with Crippen molar-refractivity contribution in [3.05, 3.63) is 11.6 Å². The first kappa shape index (κ1) is 9.65. The molecule has 0 saturated carbocycles. The maximum Gasteiger partial charge on any atom is 0.140 e. The van der Waals surface area contributed by atoms with Crippen molar-refractivity contribution < 1.29 is 0 Å². The van der Waals surface area contributed by atoms with Crippen molar-refractivity contribution in [3.63, 3.8) is 0 Å². The maximum atomic E-state index is 5.82. The number of hydrogen-bond acceptors (Lipinski definition) is 3. The summed E-state index contributed by atoms with van der Waals surface area (Å²) in [5.74, 6) is 2.21. The molecule has 1 aromatic heterocycles. The summed E-state index contributed by atoms with van der Waals surface area (Å²) >= 11 is 0. The van der Waals surface area contributed by atoms with Crippen molar-refractivity contribution >= 4 is 0 Å². The van der Waals surface area contributed by atoms with Gasteiger partial charge in [0, 0.05) is 24.9 Å². The molecule has 0 radical (unpaired) electrons. The number of rotatable bonds is 3. The van der Waals surface area contributed by atoms with E-state index in [1.165, 1.54) is 6.42 Å². The Morgan fingerprint density at radius 1 is 1.50 bits per heavy atom. The van der Waals surface area contributed by atoms with Crippen LogP contribution < -0.4 is 5.73 Å². The predicted molar refractivity (Wildman–Crippen MR) is 55.0 cm³/mol. The van der Waals surface area contributed by atoms with Crippen LogP contribution in [0.4, 0.5) is 0 Å². The Kier molecular flexibility index (Phi) is 2.31. The number of hydrogen-bond donors (Lipinski definition) is 1. The van der Waals surface area contributed by atoms with E-state index in [1.54, 1.807) is 0 Å². The molecule has 78 valence electrons. The Morgan fingerprint density at radius 3 is 2.93 bits per heavy atom. The fraction of sp³-hybridized carbons (Fsp3) is 0.800. The average molecular weight is 194 g/mol. The molecule has 14 heavy (non-hydrogen) atoms. The van der Waals surface area contributed by atoms with Crippen LogP contribution in [0.5, 0.6) is 0 Å². The summed E-state index contributed by atoms with van der Waals surface area (Å²) in [6, 6.07) is 0. The molecule has 4 heteroatoms. The van der Waals surface area contributed by atoms with Gasteiger partial charge in [0.2, 0.25) is 0 Å². The van der Waals surface area contributed by atoms with Gasteiger partial charge in [0.1, 0.15) is 11.6 Å². The lowest BCUT2D eigenvalue weighted by molar-refractivity contribution is 0.416. The van der Waals surface area contributed by atoms with Crippen molar-refractivity contribution in [3.8, 4) is 0 Å². The lowest BCUT2D eigenvalue weighted by atomic mass is 9.87.